The highest BCUT2D eigenvalue weighted by molar-refractivity contribution is 6.30. The average Bonchev–Trinajstić information content (AvgIpc) is 2.66. The fourth-order valence-corrected chi connectivity index (χ4v) is 2.84. The largest absolute Gasteiger partial charge is 0.324 e. The van der Waals surface area contributed by atoms with Crippen molar-refractivity contribution in [2.75, 3.05) is 0 Å². The quantitative estimate of drug-likeness (QED) is 0.879. The van der Waals surface area contributed by atoms with Gasteiger partial charge in [-0.15, -0.1) is 0 Å². The number of hydrogen-bond donors (Lipinski definition) is 1. The van der Waals surface area contributed by atoms with Gasteiger partial charge in [-0.25, -0.2) is 4.39 Å². The van der Waals surface area contributed by atoms with Crippen LogP contribution in [0.3, 0.4) is 0 Å². The molecule has 0 bridgehead atoms. The zero-order valence-electron chi connectivity index (χ0n) is 11.4. The van der Waals surface area contributed by atoms with E-state index in [9.17, 15) is 14.0 Å². The van der Waals surface area contributed by atoms with Gasteiger partial charge in [0.25, 0.3) is 11.5 Å². The minimum absolute atomic E-state index is 0.00889. The molecule has 0 radical (unpaired) electrons. The standard InChI is InChI=1S/C15H12ClFN2O2/c1-8-5-9(7-10(17)6-8)15(2)18-13(20)12-4-3-11(16)14(21)19(12)15/h3-7H,1-2H3,(H,18,20). The van der Waals surface area contributed by atoms with Crippen molar-refractivity contribution in [3.05, 3.63) is 68.3 Å². The molecule has 6 heteroatoms. The van der Waals surface area contributed by atoms with Crippen molar-refractivity contribution in [1.29, 1.82) is 0 Å². The van der Waals surface area contributed by atoms with Gasteiger partial charge in [-0.2, -0.15) is 0 Å². The summed E-state index contributed by atoms with van der Waals surface area (Å²) < 4.78 is 14.9. The Morgan fingerprint density at radius 2 is 1.95 bits per heavy atom. The molecule has 0 saturated heterocycles. The summed E-state index contributed by atoms with van der Waals surface area (Å²) in [5.74, 6) is -0.822. The van der Waals surface area contributed by atoms with E-state index in [2.05, 4.69) is 5.32 Å². The Morgan fingerprint density at radius 3 is 2.62 bits per heavy atom. The van der Waals surface area contributed by atoms with Crippen LogP contribution < -0.4 is 10.9 Å². The molecule has 3 rings (SSSR count). The zero-order valence-corrected chi connectivity index (χ0v) is 12.2. The van der Waals surface area contributed by atoms with E-state index in [1.165, 1.54) is 28.8 Å². The van der Waals surface area contributed by atoms with Crippen LogP contribution in [0.15, 0.2) is 35.1 Å². The Hall–Kier alpha value is -2.14. The van der Waals surface area contributed by atoms with Gasteiger partial charge in [0, 0.05) is 5.56 Å². The Labute approximate surface area is 125 Å². The van der Waals surface area contributed by atoms with Crippen LogP contribution in [-0.2, 0) is 5.66 Å². The van der Waals surface area contributed by atoms with E-state index in [1.807, 2.05) is 0 Å². The molecule has 108 valence electrons. The van der Waals surface area contributed by atoms with Gasteiger partial charge in [-0.3, -0.25) is 14.2 Å². The highest BCUT2D eigenvalue weighted by atomic mass is 35.5. The van der Waals surface area contributed by atoms with Crippen molar-refractivity contribution >= 4 is 17.5 Å². The number of aromatic nitrogens is 1. The van der Waals surface area contributed by atoms with Gasteiger partial charge in [0.05, 0.1) is 0 Å². The third-order valence-electron chi connectivity index (χ3n) is 3.68. The van der Waals surface area contributed by atoms with Crippen LogP contribution in [0, 0.1) is 12.7 Å². The summed E-state index contributed by atoms with van der Waals surface area (Å²) in [4.78, 5) is 24.4. The molecule has 1 unspecified atom stereocenters. The van der Waals surface area contributed by atoms with E-state index in [0.29, 0.717) is 11.1 Å². The predicted octanol–water partition coefficient (Wildman–Crippen LogP) is 2.41. The molecule has 1 N–H and O–H groups in total. The first-order valence-corrected chi connectivity index (χ1v) is 6.73. The SMILES string of the molecule is Cc1cc(F)cc(C2(C)NC(=O)c3ccc(Cl)c(=O)n32)c1. The first kappa shape index (κ1) is 13.8. The molecule has 1 amide bonds. The molecule has 2 heterocycles. The van der Waals surface area contributed by atoms with Gasteiger partial charge >= 0.3 is 0 Å². The fraction of sp³-hybridized carbons (Fsp3) is 0.200. The zero-order chi connectivity index (χ0) is 15.4. The second-order valence-corrected chi connectivity index (χ2v) is 5.66. The average molecular weight is 307 g/mol. The molecular formula is C15H12ClFN2O2. The number of carbonyl (C=O) groups is 1. The Kier molecular flexibility index (Phi) is 2.92. The van der Waals surface area contributed by atoms with Crippen molar-refractivity contribution in [2.45, 2.75) is 19.5 Å². The van der Waals surface area contributed by atoms with Crippen LogP contribution in [-0.4, -0.2) is 10.5 Å². The Bertz CT molecular complexity index is 811. The number of nitrogens with zero attached hydrogens (tertiary/aromatic N) is 1. The summed E-state index contributed by atoms with van der Waals surface area (Å²) in [6, 6.07) is 7.28. The first-order valence-electron chi connectivity index (χ1n) is 6.35. The van der Waals surface area contributed by atoms with Crippen molar-refractivity contribution in [3.63, 3.8) is 0 Å². The lowest BCUT2D eigenvalue weighted by Crippen LogP contribution is -2.45. The van der Waals surface area contributed by atoms with Crippen LogP contribution in [0.1, 0.15) is 28.5 Å². The number of fused-ring (bicyclic) bond motifs is 1. The molecule has 0 aliphatic carbocycles. The normalized spacial score (nSPS) is 20.3. The molecule has 1 aromatic carbocycles. The van der Waals surface area contributed by atoms with Gasteiger partial charge < -0.3 is 5.32 Å². The summed E-state index contributed by atoms with van der Waals surface area (Å²) in [5.41, 5.74) is -0.271. The molecule has 1 aliphatic rings. The van der Waals surface area contributed by atoms with E-state index < -0.39 is 22.9 Å². The smallest absolute Gasteiger partial charge is 0.272 e. The predicted molar refractivity (Wildman–Crippen MR) is 77.1 cm³/mol. The third kappa shape index (κ3) is 1.96. The van der Waals surface area contributed by atoms with Crippen molar-refractivity contribution in [3.8, 4) is 0 Å². The van der Waals surface area contributed by atoms with Crippen LogP contribution >= 0.6 is 11.6 Å². The molecule has 1 aromatic heterocycles. The molecule has 1 atom stereocenters. The summed E-state index contributed by atoms with van der Waals surface area (Å²) in [7, 11) is 0. The van der Waals surface area contributed by atoms with Crippen LogP contribution in [0.4, 0.5) is 4.39 Å². The molecule has 0 spiro atoms. The van der Waals surface area contributed by atoms with Crippen LogP contribution in [0.25, 0.3) is 0 Å². The highest BCUT2D eigenvalue weighted by Crippen LogP contribution is 2.30. The lowest BCUT2D eigenvalue weighted by atomic mass is 9.99. The number of carbonyl (C=O) groups excluding carboxylic acids is 1. The lowest BCUT2D eigenvalue weighted by molar-refractivity contribution is 0.0941. The highest BCUT2D eigenvalue weighted by Gasteiger charge is 2.41. The van der Waals surface area contributed by atoms with E-state index in [-0.39, 0.29) is 10.7 Å². The van der Waals surface area contributed by atoms with Crippen LogP contribution in [0.5, 0.6) is 0 Å². The topological polar surface area (TPSA) is 51.1 Å². The maximum absolute atomic E-state index is 13.7. The summed E-state index contributed by atoms with van der Waals surface area (Å²) in [6.07, 6.45) is 0. The summed E-state index contributed by atoms with van der Waals surface area (Å²) in [6.45, 7) is 3.39. The molecule has 1 aliphatic heterocycles. The first-order chi connectivity index (χ1) is 9.83. The molecule has 4 nitrogen and oxygen atoms in total. The van der Waals surface area contributed by atoms with Gasteiger partial charge in [0.1, 0.15) is 22.2 Å². The number of aryl methyl sites for hydroxylation is 1. The van der Waals surface area contributed by atoms with Crippen molar-refractivity contribution < 1.29 is 9.18 Å². The van der Waals surface area contributed by atoms with Crippen molar-refractivity contribution in [1.82, 2.24) is 9.88 Å². The number of nitrogens with one attached hydrogen (secondary N) is 1. The number of pyridine rings is 1. The van der Waals surface area contributed by atoms with Gasteiger partial charge in [-0.1, -0.05) is 17.7 Å². The van der Waals surface area contributed by atoms with E-state index in [1.54, 1.807) is 19.9 Å². The molecular weight excluding hydrogens is 295 g/mol. The number of benzene rings is 1. The summed E-state index contributed by atoms with van der Waals surface area (Å²) in [5, 5.41) is 2.74. The van der Waals surface area contributed by atoms with Crippen LogP contribution in [0.2, 0.25) is 5.02 Å². The second kappa shape index (κ2) is 4.43. The van der Waals surface area contributed by atoms with Gasteiger partial charge in [0.2, 0.25) is 0 Å². The van der Waals surface area contributed by atoms with Gasteiger partial charge in [-0.05, 0) is 43.7 Å². The maximum atomic E-state index is 13.7. The molecule has 2 aromatic rings. The number of amides is 1. The molecule has 0 fully saturated rings. The summed E-state index contributed by atoms with van der Waals surface area (Å²) >= 11 is 5.87. The number of halogens is 2. The van der Waals surface area contributed by atoms with Gasteiger partial charge in [0.15, 0.2) is 0 Å². The monoisotopic (exact) mass is 306 g/mol. The number of rotatable bonds is 1. The number of hydrogen-bond acceptors (Lipinski definition) is 2. The Balaban J connectivity index is 2.33. The van der Waals surface area contributed by atoms with Crippen molar-refractivity contribution in [2.24, 2.45) is 0 Å². The Morgan fingerprint density at radius 1 is 1.24 bits per heavy atom. The minimum atomic E-state index is -1.17. The third-order valence-corrected chi connectivity index (χ3v) is 3.96. The lowest BCUT2D eigenvalue weighted by Gasteiger charge is -2.28. The maximum Gasteiger partial charge on any atom is 0.272 e. The molecule has 0 saturated carbocycles. The van der Waals surface area contributed by atoms with E-state index in [4.69, 9.17) is 11.6 Å². The second-order valence-electron chi connectivity index (χ2n) is 5.25. The van der Waals surface area contributed by atoms with E-state index in [0.717, 1.165) is 0 Å². The fourth-order valence-electron chi connectivity index (χ4n) is 2.70. The molecule has 21 heavy (non-hydrogen) atoms. The van der Waals surface area contributed by atoms with E-state index >= 15 is 0 Å². The minimum Gasteiger partial charge on any atom is -0.324 e.